The van der Waals surface area contributed by atoms with Gasteiger partial charge in [0.15, 0.2) is 0 Å². The molecule has 0 N–H and O–H groups in total. The second-order valence-corrected chi connectivity index (χ2v) is 14.4. The molecule has 11 rings (SSSR count). The van der Waals surface area contributed by atoms with Gasteiger partial charge < -0.3 is 9.32 Å². The Kier molecular flexibility index (Phi) is 7.11. The molecule has 0 saturated carbocycles. The van der Waals surface area contributed by atoms with Crippen molar-refractivity contribution in [2.24, 2.45) is 0 Å². The molecule has 2 nitrogen and oxygen atoms in total. The van der Waals surface area contributed by atoms with E-state index in [1.165, 1.54) is 44.2 Å². The lowest BCUT2D eigenvalue weighted by molar-refractivity contribution is 0.670. The van der Waals surface area contributed by atoms with Gasteiger partial charge in [-0.05, 0) is 92.2 Å². The number of furan rings is 1. The van der Waals surface area contributed by atoms with E-state index in [1.807, 2.05) is 12.1 Å². The van der Waals surface area contributed by atoms with Gasteiger partial charge in [0.2, 0.25) is 0 Å². The minimum atomic E-state index is -0.444. The van der Waals surface area contributed by atoms with E-state index < -0.39 is 5.41 Å². The second-order valence-electron chi connectivity index (χ2n) is 14.4. The first-order valence-electron chi connectivity index (χ1n) is 18.9. The number of hydrogen-bond acceptors (Lipinski definition) is 2. The summed E-state index contributed by atoms with van der Waals surface area (Å²) in [6.07, 6.45) is 0. The Morgan fingerprint density at radius 1 is 0.364 bits per heavy atom. The topological polar surface area (TPSA) is 16.4 Å². The van der Waals surface area contributed by atoms with Crippen molar-refractivity contribution < 1.29 is 4.42 Å². The molecule has 55 heavy (non-hydrogen) atoms. The van der Waals surface area contributed by atoms with Crippen molar-refractivity contribution in [2.45, 2.75) is 5.41 Å². The normalized spacial score (nSPS) is 12.9. The van der Waals surface area contributed by atoms with E-state index in [1.54, 1.807) is 0 Å². The van der Waals surface area contributed by atoms with Crippen LogP contribution in [0.4, 0.5) is 17.1 Å². The van der Waals surface area contributed by atoms with Gasteiger partial charge in [-0.15, -0.1) is 0 Å². The van der Waals surface area contributed by atoms with Gasteiger partial charge in [0, 0.05) is 33.4 Å². The fourth-order valence-corrected chi connectivity index (χ4v) is 9.10. The van der Waals surface area contributed by atoms with Gasteiger partial charge in [-0.1, -0.05) is 170 Å². The average Bonchev–Trinajstić information content (AvgIpc) is 3.79. The van der Waals surface area contributed by atoms with Gasteiger partial charge in [0.25, 0.3) is 0 Å². The highest BCUT2D eigenvalue weighted by Gasteiger charge is 2.45. The van der Waals surface area contributed by atoms with Crippen LogP contribution in [0.15, 0.2) is 217 Å². The van der Waals surface area contributed by atoms with Crippen LogP contribution in [0, 0.1) is 0 Å². The summed E-state index contributed by atoms with van der Waals surface area (Å²) < 4.78 is 6.42. The van der Waals surface area contributed by atoms with Crippen LogP contribution >= 0.6 is 0 Å². The van der Waals surface area contributed by atoms with E-state index in [0.717, 1.165) is 50.1 Å². The molecule has 0 atom stereocenters. The Labute approximate surface area is 320 Å². The molecule has 9 aromatic carbocycles. The van der Waals surface area contributed by atoms with Crippen LogP contribution in [-0.2, 0) is 5.41 Å². The molecule has 258 valence electrons. The van der Waals surface area contributed by atoms with Crippen LogP contribution in [0.1, 0.15) is 22.3 Å². The number of nitrogens with zero attached hydrogens (tertiary/aromatic N) is 1. The highest BCUT2D eigenvalue weighted by Crippen LogP contribution is 2.56. The fraction of sp³-hybridized carbons (Fsp3) is 0.0189. The zero-order chi connectivity index (χ0) is 36.3. The summed E-state index contributed by atoms with van der Waals surface area (Å²) in [7, 11) is 0. The molecule has 0 fully saturated rings. The number of anilines is 3. The Balaban J connectivity index is 1.06. The minimum Gasteiger partial charge on any atom is -0.455 e. The first kappa shape index (κ1) is 31.4. The van der Waals surface area contributed by atoms with Gasteiger partial charge in [0.1, 0.15) is 11.2 Å². The van der Waals surface area contributed by atoms with Crippen molar-refractivity contribution in [3.63, 3.8) is 0 Å². The smallest absolute Gasteiger partial charge is 0.143 e. The minimum absolute atomic E-state index is 0.444. The largest absolute Gasteiger partial charge is 0.455 e. The van der Waals surface area contributed by atoms with Crippen molar-refractivity contribution in [3.8, 4) is 22.3 Å². The molecule has 0 amide bonds. The second kappa shape index (κ2) is 12.5. The lowest BCUT2D eigenvalue weighted by atomic mass is 9.68. The number of para-hydroxylation sites is 2. The Morgan fingerprint density at radius 3 is 1.65 bits per heavy atom. The summed E-state index contributed by atoms with van der Waals surface area (Å²) in [5, 5.41) is 4.70. The van der Waals surface area contributed by atoms with Crippen molar-refractivity contribution in [1.82, 2.24) is 0 Å². The summed E-state index contributed by atoms with van der Waals surface area (Å²) in [4.78, 5) is 2.37. The van der Waals surface area contributed by atoms with Crippen LogP contribution in [0.3, 0.4) is 0 Å². The summed E-state index contributed by atoms with van der Waals surface area (Å²) >= 11 is 0. The third-order valence-corrected chi connectivity index (χ3v) is 11.5. The predicted molar refractivity (Wildman–Crippen MR) is 229 cm³/mol. The van der Waals surface area contributed by atoms with Crippen LogP contribution in [0.25, 0.3) is 55.0 Å². The quantitative estimate of drug-likeness (QED) is 0.172. The molecule has 1 aliphatic rings. The summed E-state index contributed by atoms with van der Waals surface area (Å²) in [6.45, 7) is 0. The number of benzene rings is 9. The molecule has 0 radical (unpaired) electrons. The molecule has 0 aliphatic heterocycles. The van der Waals surface area contributed by atoms with E-state index in [-0.39, 0.29) is 0 Å². The van der Waals surface area contributed by atoms with Gasteiger partial charge >= 0.3 is 0 Å². The lowest BCUT2D eigenvalue weighted by Crippen LogP contribution is -2.28. The first-order valence-corrected chi connectivity index (χ1v) is 18.9. The summed E-state index contributed by atoms with van der Waals surface area (Å²) in [6, 6.07) is 77.0. The molecule has 0 saturated heterocycles. The van der Waals surface area contributed by atoms with Crippen molar-refractivity contribution in [2.75, 3.05) is 4.90 Å². The van der Waals surface area contributed by atoms with Crippen LogP contribution in [-0.4, -0.2) is 0 Å². The van der Waals surface area contributed by atoms with Gasteiger partial charge in [0.05, 0.1) is 5.41 Å². The molecule has 0 spiro atoms. The SMILES string of the molecule is c1ccc(C2(c3ccc(N(c4ccc(-c5cccc6c5oc5ccccc56)cc4)c4ccc5ccccc5c4)cc3)c3ccccc3-c3ccccc32)cc1. The maximum absolute atomic E-state index is 6.42. The van der Waals surface area contributed by atoms with Crippen molar-refractivity contribution >= 4 is 49.8 Å². The van der Waals surface area contributed by atoms with E-state index >= 15 is 0 Å². The van der Waals surface area contributed by atoms with Crippen LogP contribution < -0.4 is 4.90 Å². The highest BCUT2D eigenvalue weighted by molar-refractivity contribution is 6.09. The molecule has 0 bridgehead atoms. The zero-order valence-electron chi connectivity index (χ0n) is 30.1. The molecule has 1 aromatic heterocycles. The molecular formula is C53H35NO. The van der Waals surface area contributed by atoms with Crippen LogP contribution in [0.5, 0.6) is 0 Å². The monoisotopic (exact) mass is 701 g/mol. The standard InChI is InChI=1S/C53H35NO/c1-2-15-39(16-3-1)53(49-22-9-6-17-45(49)46-18-7-10-23-50(46)53)40-28-33-42(34-29-40)54(43-32-25-36-13-4-5-14-38(36)35-43)41-30-26-37(27-31-41)44-20-12-21-48-47-19-8-11-24-51(47)55-52(44)48/h1-35H. The molecule has 0 unspecified atom stereocenters. The molecular weight excluding hydrogens is 667 g/mol. The zero-order valence-corrected chi connectivity index (χ0v) is 30.1. The highest BCUT2D eigenvalue weighted by atomic mass is 16.3. The lowest BCUT2D eigenvalue weighted by Gasteiger charge is -2.34. The predicted octanol–water partition coefficient (Wildman–Crippen LogP) is 14.2. The number of hydrogen-bond donors (Lipinski definition) is 0. The Hall–Kier alpha value is -7.16. The average molecular weight is 702 g/mol. The van der Waals surface area contributed by atoms with Gasteiger partial charge in [-0.2, -0.15) is 0 Å². The van der Waals surface area contributed by atoms with Gasteiger partial charge in [-0.25, -0.2) is 0 Å². The fourth-order valence-electron chi connectivity index (χ4n) is 9.10. The van der Waals surface area contributed by atoms with Crippen LogP contribution in [0.2, 0.25) is 0 Å². The Morgan fingerprint density at radius 2 is 0.909 bits per heavy atom. The summed E-state index contributed by atoms with van der Waals surface area (Å²) in [5.41, 5.74) is 14.6. The molecule has 10 aromatic rings. The Bertz CT molecular complexity index is 2980. The van der Waals surface area contributed by atoms with Crippen molar-refractivity contribution in [3.05, 3.63) is 235 Å². The van der Waals surface area contributed by atoms with Gasteiger partial charge in [-0.3, -0.25) is 0 Å². The van der Waals surface area contributed by atoms with E-state index in [2.05, 4.69) is 205 Å². The third kappa shape index (κ3) is 4.82. The molecule has 1 aliphatic carbocycles. The maximum atomic E-state index is 6.42. The van der Waals surface area contributed by atoms with E-state index in [0.29, 0.717) is 0 Å². The maximum Gasteiger partial charge on any atom is 0.143 e. The number of fused-ring (bicyclic) bond motifs is 7. The van der Waals surface area contributed by atoms with E-state index in [9.17, 15) is 0 Å². The molecule has 1 heterocycles. The number of rotatable bonds is 6. The van der Waals surface area contributed by atoms with E-state index in [4.69, 9.17) is 4.42 Å². The molecule has 2 heteroatoms. The summed E-state index contributed by atoms with van der Waals surface area (Å²) in [5.74, 6) is 0. The van der Waals surface area contributed by atoms with Crippen molar-refractivity contribution in [1.29, 1.82) is 0 Å². The third-order valence-electron chi connectivity index (χ3n) is 11.5. The first-order chi connectivity index (χ1) is 27.3.